The van der Waals surface area contributed by atoms with Crippen LogP contribution in [-0.4, -0.2) is 19.7 Å². The van der Waals surface area contributed by atoms with Crippen molar-refractivity contribution >= 4 is 21.6 Å². The maximum absolute atomic E-state index is 4.61. The van der Waals surface area contributed by atoms with Crippen LogP contribution in [0.1, 0.15) is 35.2 Å². The molecule has 21 heavy (non-hydrogen) atoms. The van der Waals surface area contributed by atoms with Crippen LogP contribution < -0.4 is 0 Å². The van der Waals surface area contributed by atoms with Crippen molar-refractivity contribution in [2.24, 2.45) is 5.92 Å². The standard InChI is InChI=1S/C16H18N4S/c1-9-4-5-12-13(6-9)21-16-14(12)15(17-8-18-16)20-11(3)7-10(2)19-20/h7-9H,4-6H2,1-3H3/t9-/m1/s1. The van der Waals surface area contributed by atoms with Gasteiger partial charge in [0.15, 0.2) is 5.82 Å². The highest BCUT2D eigenvalue weighted by atomic mass is 32.1. The van der Waals surface area contributed by atoms with Crippen molar-refractivity contribution in [3.8, 4) is 5.82 Å². The van der Waals surface area contributed by atoms with E-state index in [1.54, 1.807) is 6.33 Å². The summed E-state index contributed by atoms with van der Waals surface area (Å²) >= 11 is 1.83. The molecule has 5 heteroatoms. The van der Waals surface area contributed by atoms with E-state index in [2.05, 4.69) is 35.0 Å². The van der Waals surface area contributed by atoms with E-state index in [0.717, 1.165) is 34.4 Å². The fourth-order valence-corrected chi connectivity index (χ4v) is 4.61. The van der Waals surface area contributed by atoms with Crippen LogP contribution in [0, 0.1) is 19.8 Å². The predicted octanol–water partition coefficient (Wildman–Crippen LogP) is 3.62. The zero-order chi connectivity index (χ0) is 14.6. The minimum absolute atomic E-state index is 0.774. The van der Waals surface area contributed by atoms with Gasteiger partial charge in [-0.2, -0.15) is 5.10 Å². The van der Waals surface area contributed by atoms with E-state index in [1.165, 1.54) is 28.7 Å². The zero-order valence-electron chi connectivity index (χ0n) is 12.6. The van der Waals surface area contributed by atoms with Crippen LogP contribution in [0.2, 0.25) is 0 Å². The molecular formula is C16H18N4S. The molecule has 0 unspecified atom stereocenters. The van der Waals surface area contributed by atoms with Gasteiger partial charge in [0.2, 0.25) is 0 Å². The lowest BCUT2D eigenvalue weighted by atomic mass is 9.89. The summed E-state index contributed by atoms with van der Waals surface area (Å²) in [5.74, 6) is 1.72. The Morgan fingerprint density at radius 1 is 1.29 bits per heavy atom. The second-order valence-corrected chi connectivity index (χ2v) is 7.15. The van der Waals surface area contributed by atoms with E-state index in [-0.39, 0.29) is 0 Å². The molecule has 0 bridgehead atoms. The first-order valence-corrected chi connectivity index (χ1v) is 8.24. The topological polar surface area (TPSA) is 43.6 Å². The molecular weight excluding hydrogens is 280 g/mol. The molecule has 108 valence electrons. The van der Waals surface area contributed by atoms with Gasteiger partial charge in [-0.05, 0) is 50.7 Å². The van der Waals surface area contributed by atoms with Crippen LogP contribution in [0.5, 0.6) is 0 Å². The molecule has 1 aliphatic rings. The molecule has 0 saturated heterocycles. The molecule has 0 spiro atoms. The van der Waals surface area contributed by atoms with Crippen molar-refractivity contribution in [3.05, 3.63) is 34.2 Å². The lowest BCUT2D eigenvalue weighted by Crippen LogP contribution is -2.10. The Bertz CT molecular complexity index is 830. The molecule has 4 rings (SSSR count). The number of nitrogens with zero attached hydrogens (tertiary/aromatic N) is 4. The summed E-state index contributed by atoms with van der Waals surface area (Å²) < 4.78 is 1.96. The highest BCUT2D eigenvalue weighted by Gasteiger charge is 2.24. The fraction of sp³-hybridized carbons (Fsp3) is 0.438. The number of thiophene rings is 1. The largest absolute Gasteiger partial charge is 0.225 e. The van der Waals surface area contributed by atoms with E-state index < -0.39 is 0 Å². The smallest absolute Gasteiger partial charge is 0.165 e. The summed E-state index contributed by atoms with van der Waals surface area (Å²) in [6.45, 7) is 6.43. The summed E-state index contributed by atoms with van der Waals surface area (Å²) in [7, 11) is 0. The third kappa shape index (κ3) is 1.99. The van der Waals surface area contributed by atoms with Crippen LogP contribution in [0.15, 0.2) is 12.4 Å². The minimum Gasteiger partial charge on any atom is -0.225 e. The quantitative estimate of drug-likeness (QED) is 0.689. The molecule has 0 radical (unpaired) electrons. The van der Waals surface area contributed by atoms with Crippen LogP contribution in [-0.2, 0) is 12.8 Å². The number of aromatic nitrogens is 4. The van der Waals surface area contributed by atoms with Crippen LogP contribution in [0.25, 0.3) is 16.0 Å². The van der Waals surface area contributed by atoms with Crippen LogP contribution in [0.4, 0.5) is 0 Å². The molecule has 4 nitrogen and oxygen atoms in total. The van der Waals surface area contributed by atoms with Gasteiger partial charge in [-0.25, -0.2) is 14.6 Å². The van der Waals surface area contributed by atoms with Crippen molar-refractivity contribution in [1.82, 2.24) is 19.7 Å². The molecule has 1 aliphatic carbocycles. The van der Waals surface area contributed by atoms with Gasteiger partial charge in [-0.1, -0.05) is 6.92 Å². The number of fused-ring (bicyclic) bond motifs is 3. The fourth-order valence-electron chi connectivity index (χ4n) is 3.26. The molecule has 0 fully saturated rings. The molecule has 0 amide bonds. The number of aryl methyl sites for hydroxylation is 3. The van der Waals surface area contributed by atoms with Gasteiger partial charge < -0.3 is 0 Å². The van der Waals surface area contributed by atoms with E-state index in [1.807, 2.05) is 22.9 Å². The van der Waals surface area contributed by atoms with Crippen molar-refractivity contribution in [2.75, 3.05) is 0 Å². The Hall–Kier alpha value is -1.75. The average molecular weight is 298 g/mol. The van der Waals surface area contributed by atoms with Gasteiger partial charge in [0.1, 0.15) is 11.2 Å². The maximum atomic E-state index is 4.61. The Morgan fingerprint density at radius 2 is 2.14 bits per heavy atom. The lowest BCUT2D eigenvalue weighted by molar-refractivity contribution is 0.509. The lowest BCUT2D eigenvalue weighted by Gasteiger charge is -2.18. The molecule has 0 aromatic carbocycles. The van der Waals surface area contributed by atoms with E-state index >= 15 is 0 Å². The summed E-state index contributed by atoms with van der Waals surface area (Å²) in [6, 6.07) is 2.09. The molecule has 3 heterocycles. The van der Waals surface area contributed by atoms with Gasteiger partial charge in [-0.3, -0.25) is 0 Å². The van der Waals surface area contributed by atoms with E-state index in [4.69, 9.17) is 0 Å². The second-order valence-electron chi connectivity index (χ2n) is 6.07. The van der Waals surface area contributed by atoms with Gasteiger partial charge >= 0.3 is 0 Å². The first kappa shape index (κ1) is 13.0. The third-order valence-corrected chi connectivity index (χ3v) is 5.44. The first-order chi connectivity index (χ1) is 10.1. The Balaban J connectivity index is 2.00. The Morgan fingerprint density at radius 3 is 2.90 bits per heavy atom. The highest BCUT2D eigenvalue weighted by molar-refractivity contribution is 7.18. The summed E-state index contributed by atoms with van der Waals surface area (Å²) in [6.07, 6.45) is 5.23. The van der Waals surface area contributed by atoms with Gasteiger partial charge in [0.05, 0.1) is 11.1 Å². The normalized spacial score (nSPS) is 18.1. The first-order valence-electron chi connectivity index (χ1n) is 7.42. The summed E-state index contributed by atoms with van der Waals surface area (Å²) in [5.41, 5.74) is 3.60. The monoisotopic (exact) mass is 298 g/mol. The second kappa shape index (κ2) is 4.63. The average Bonchev–Trinajstić information content (AvgIpc) is 2.97. The highest BCUT2D eigenvalue weighted by Crippen LogP contribution is 2.39. The maximum Gasteiger partial charge on any atom is 0.165 e. The molecule has 3 aromatic heterocycles. The molecule has 0 N–H and O–H groups in total. The van der Waals surface area contributed by atoms with Gasteiger partial charge in [0, 0.05) is 10.6 Å². The van der Waals surface area contributed by atoms with Crippen molar-refractivity contribution < 1.29 is 0 Å². The van der Waals surface area contributed by atoms with Crippen LogP contribution in [0.3, 0.4) is 0 Å². The predicted molar refractivity (Wildman–Crippen MR) is 85.2 cm³/mol. The summed E-state index contributed by atoms with van der Waals surface area (Å²) in [5, 5.41) is 5.82. The zero-order valence-corrected chi connectivity index (χ0v) is 13.4. The Kier molecular flexibility index (Phi) is 2.85. The number of hydrogen-bond donors (Lipinski definition) is 0. The third-order valence-electron chi connectivity index (χ3n) is 4.28. The summed E-state index contributed by atoms with van der Waals surface area (Å²) in [4.78, 5) is 11.6. The van der Waals surface area contributed by atoms with Crippen molar-refractivity contribution in [2.45, 2.75) is 40.0 Å². The Labute approximate surface area is 127 Å². The molecule has 0 saturated carbocycles. The van der Waals surface area contributed by atoms with E-state index in [0.29, 0.717) is 0 Å². The molecule has 1 atom stereocenters. The number of hydrogen-bond acceptors (Lipinski definition) is 4. The van der Waals surface area contributed by atoms with Crippen molar-refractivity contribution in [3.63, 3.8) is 0 Å². The van der Waals surface area contributed by atoms with Crippen molar-refractivity contribution in [1.29, 1.82) is 0 Å². The minimum atomic E-state index is 0.774. The SMILES string of the molecule is Cc1cc(C)n(-c2ncnc3sc4c(c23)CC[C@@H](C)C4)n1. The van der Waals surface area contributed by atoms with Crippen LogP contribution >= 0.6 is 11.3 Å². The van der Waals surface area contributed by atoms with Gasteiger partial charge in [0.25, 0.3) is 0 Å². The van der Waals surface area contributed by atoms with E-state index in [9.17, 15) is 0 Å². The number of rotatable bonds is 1. The molecule has 3 aromatic rings. The molecule has 0 aliphatic heterocycles. The van der Waals surface area contributed by atoms with Gasteiger partial charge in [-0.15, -0.1) is 11.3 Å².